The molecule has 0 saturated heterocycles. The van der Waals surface area contributed by atoms with Crippen LogP contribution in [0, 0.1) is 0 Å². The Hall–Kier alpha value is -1.35. The van der Waals surface area contributed by atoms with Gasteiger partial charge in [0.15, 0.2) is 0 Å². The molecule has 1 aromatic carbocycles. The summed E-state index contributed by atoms with van der Waals surface area (Å²) < 4.78 is 47.0. The van der Waals surface area contributed by atoms with E-state index in [0.29, 0.717) is 17.4 Å². The fraction of sp³-hybridized carbons (Fsp3) is 0.300. The van der Waals surface area contributed by atoms with Crippen LogP contribution in [-0.4, -0.2) is 31.6 Å². The van der Waals surface area contributed by atoms with Gasteiger partial charge in [-0.2, -0.15) is 8.78 Å². The zero-order chi connectivity index (χ0) is 13.9. The van der Waals surface area contributed by atoms with Crippen molar-refractivity contribution < 1.29 is 17.2 Å². The molecular weight excluding hydrogens is 296 g/mol. The molecule has 1 aromatic rings. The first-order valence-electron chi connectivity index (χ1n) is 5.21. The van der Waals surface area contributed by atoms with Gasteiger partial charge in [-0.05, 0) is 24.3 Å². The van der Waals surface area contributed by atoms with Gasteiger partial charge in [-0.3, -0.25) is 4.99 Å². The Bertz CT molecular complexity index is 612. The highest BCUT2D eigenvalue weighted by Crippen LogP contribution is 2.22. The predicted octanol–water partition coefficient (Wildman–Crippen LogP) is 2.87. The maximum atomic E-state index is 12.3. The van der Waals surface area contributed by atoms with Gasteiger partial charge in [0.1, 0.15) is 0 Å². The standard InChI is InChI=1S/C10H9F2N3O2S2/c11-9(12)19(16,17)8-3-1-7(2-4-8)14-15-10-13-5-6-18-10/h1-4,9H,5-6H2/b15-14+. The number of nitrogens with zero attached hydrogens (tertiary/aromatic N) is 3. The third kappa shape index (κ3) is 3.35. The number of aliphatic imine (C=N–C) groups is 1. The topological polar surface area (TPSA) is 71.2 Å². The maximum absolute atomic E-state index is 12.3. The minimum atomic E-state index is -4.56. The van der Waals surface area contributed by atoms with Crippen LogP contribution in [0.2, 0.25) is 0 Å². The number of sulfone groups is 1. The second kappa shape index (κ2) is 5.74. The lowest BCUT2D eigenvalue weighted by Crippen LogP contribution is -2.10. The lowest BCUT2D eigenvalue weighted by molar-refractivity contribution is 0.234. The molecule has 0 unspecified atom stereocenters. The highest BCUT2D eigenvalue weighted by atomic mass is 32.2. The van der Waals surface area contributed by atoms with Gasteiger partial charge in [-0.25, -0.2) is 8.42 Å². The average molecular weight is 305 g/mol. The van der Waals surface area contributed by atoms with Gasteiger partial charge in [0.05, 0.1) is 17.1 Å². The number of hydrogen-bond donors (Lipinski definition) is 0. The summed E-state index contributed by atoms with van der Waals surface area (Å²) >= 11 is 1.47. The second-order valence-corrected chi connectivity index (χ2v) is 6.49. The first kappa shape index (κ1) is 14.1. The maximum Gasteiger partial charge on any atom is 0.341 e. The zero-order valence-corrected chi connectivity index (χ0v) is 11.2. The van der Waals surface area contributed by atoms with Crippen LogP contribution in [0.1, 0.15) is 0 Å². The Labute approximate surface area is 112 Å². The Morgan fingerprint density at radius 2 is 1.89 bits per heavy atom. The third-order valence-electron chi connectivity index (χ3n) is 2.22. The number of azo groups is 1. The minimum absolute atomic E-state index is 0.378. The van der Waals surface area contributed by atoms with Crippen molar-refractivity contribution in [3.05, 3.63) is 24.3 Å². The number of thioether (sulfide) groups is 1. The molecule has 0 aliphatic carbocycles. The van der Waals surface area contributed by atoms with Crippen molar-refractivity contribution in [3.63, 3.8) is 0 Å². The summed E-state index contributed by atoms with van der Waals surface area (Å²) in [5, 5.41) is 8.27. The lowest BCUT2D eigenvalue weighted by Gasteiger charge is -2.02. The molecule has 1 aliphatic heterocycles. The Morgan fingerprint density at radius 3 is 2.42 bits per heavy atom. The van der Waals surface area contributed by atoms with Gasteiger partial charge in [0, 0.05) is 5.75 Å². The summed E-state index contributed by atoms with van der Waals surface area (Å²) in [4.78, 5) is 3.62. The number of halogens is 2. The quantitative estimate of drug-likeness (QED) is 0.806. The Morgan fingerprint density at radius 1 is 1.21 bits per heavy atom. The van der Waals surface area contributed by atoms with Gasteiger partial charge in [0.2, 0.25) is 15.0 Å². The largest absolute Gasteiger partial charge is 0.341 e. The van der Waals surface area contributed by atoms with Crippen molar-refractivity contribution in [1.82, 2.24) is 0 Å². The molecule has 0 radical (unpaired) electrons. The number of hydrogen-bond acceptors (Lipinski definition) is 6. The van der Waals surface area contributed by atoms with Crippen LogP contribution in [0.25, 0.3) is 0 Å². The van der Waals surface area contributed by atoms with Crippen LogP contribution in [0.5, 0.6) is 0 Å². The molecule has 0 aromatic heterocycles. The van der Waals surface area contributed by atoms with Gasteiger partial charge in [-0.15, -0.1) is 10.2 Å². The SMILES string of the molecule is O=S(=O)(c1ccc(/N=N/C2=NCCS2)cc1)C(F)F. The number of amidine groups is 1. The number of rotatable bonds is 3. The fourth-order valence-electron chi connectivity index (χ4n) is 1.29. The van der Waals surface area contributed by atoms with Gasteiger partial charge >= 0.3 is 5.76 Å². The molecule has 0 bridgehead atoms. The number of alkyl halides is 2. The Balaban J connectivity index is 2.15. The van der Waals surface area contributed by atoms with Gasteiger partial charge in [0.25, 0.3) is 0 Å². The summed E-state index contributed by atoms with van der Waals surface area (Å²) in [5.74, 6) is -2.57. The molecule has 1 heterocycles. The molecular formula is C10H9F2N3O2S2. The van der Waals surface area contributed by atoms with E-state index < -0.39 is 20.5 Å². The van der Waals surface area contributed by atoms with E-state index in [-0.39, 0.29) is 0 Å². The smallest absolute Gasteiger partial charge is 0.258 e. The van der Waals surface area contributed by atoms with E-state index in [4.69, 9.17) is 0 Å². The van der Waals surface area contributed by atoms with Crippen LogP contribution in [0.4, 0.5) is 14.5 Å². The monoisotopic (exact) mass is 305 g/mol. The van der Waals surface area contributed by atoms with E-state index in [0.717, 1.165) is 17.9 Å². The molecule has 0 saturated carbocycles. The van der Waals surface area contributed by atoms with E-state index in [1.54, 1.807) is 0 Å². The van der Waals surface area contributed by atoms with Crippen molar-refractivity contribution >= 4 is 32.5 Å². The fourth-order valence-corrected chi connectivity index (χ4v) is 2.66. The van der Waals surface area contributed by atoms with E-state index in [1.165, 1.54) is 23.9 Å². The van der Waals surface area contributed by atoms with Crippen molar-refractivity contribution in [2.75, 3.05) is 12.3 Å². The van der Waals surface area contributed by atoms with E-state index >= 15 is 0 Å². The van der Waals surface area contributed by atoms with E-state index in [1.807, 2.05) is 0 Å². The van der Waals surface area contributed by atoms with E-state index in [2.05, 4.69) is 15.2 Å². The van der Waals surface area contributed by atoms with E-state index in [9.17, 15) is 17.2 Å². The van der Waals surface area contributed by atoms with Crippen LogP contribution < -0.4 is 0 Å². The summed E-state index contributed by atoms with van der Waals surface area (Å²) in [6.07, 6.45) is 0. The molecule has 2 rings (SSSR count). The summed E-state index contributed by atoms with van der Waals surface area (Å²) in [5.41, 5.74) is 0.378. The first-order chi connectivity index (χ1) is 9.00. The molecule has 0 fully saturated rings. The van der Waals surface area contributed by atoms with Crippen LogP contribution in [0.15, 0.2) is 44.4 Å². The molecule has 0 N–H and O–H groups in total. The third-order valence-corrected chi connectivity index (χ3v) is 4.47. The summed E-state index contributed by atoms with van der Waals surface area (Å²) in [6, 6.07) is 4.80. The average Bonchev–Trinajstić information content (AvgIpc) is 2.90. The van der Waals surface area contributed by atoms with Gasteiger partial charge in [-0.1, -0.05) is 11.8 Å². The molecule has 102 valence electrons. The zero-order valence-electron chi connectivity index (χ0n) is 9.53. The molecule has 0 amide bonds. The van der Waals surface area contributed by atoms with Crippen molar-refractivity contribution in [2.24, 2.45) is 15.2 Å². The van der Waals surface area contributed by atoms with Crippen molar-refractivity contribution in [3.8, 4) is 0 Å². The van der Waals surface area contributed by atoms with Gasteiger partial charge < -0.3 is 0 Å². The van der Waals surface area contributed by atoms with Crippen LogP contribution in [0.3, 0.4) is 0 Å². The van der Waals surface area contributed by atoms with Crippen molar-refractivity contribution in [2.45, 2.75) is 10.7 Å². The Kier molecular flexibility index (Phi) is 4.25. The predicted molar refractivity (Wildman–Crippen MR) is 68.9 cm³/mol. The normalized spacial score (nSPS) is 16.3. The number of benzene rings is 1. The highest BCUT2D eigenvalue weighted by molar-refractivity contribution is 8.14. The molecule has 19 heavy (non-hydrogen) atoms. The van der Waals surface area contributed by atoms with Crippen LogP contribution >= 0.6 is 11.8 Å². The molecule has 5 nitrogen and oxygen atoms in total. The molecule has 0 spiro atoms. The molecule has 0 atom stereocenters. The minimum Gasteiger partial charge on any atom is -0.258 e. The second-order valence-electron chi connectivity index (χ2n) is 3.51. The lowest BCUT2D eigenvalue weighted by atomic mass is 10.3. The molecule has 9 heteroatoms. The highest BCUT2D eigenvalue weighted by Gasteiger charge is 2.26. The van der Waals surface area contributed by atoms with Crippen molar-refractivity contribution in [1.29, 1.82) is 0 Å². The van der Waals surface area contributed by atoms with Crippen LogP contribution in [-0.2, 0) is 9.84 Å². The summed E-state index contributed by atoms with van der Waals surface area (Å²) in [6.45, 7) is 0.699. The molecule has 1 aliphatic rings. The summed E-state index contributed by atoms with van der Waals surface area (Å²) in [7, 11) is -4.56. The first-order valence-corrected chi connectivity index (χ1v) is 7.74.